The molecular weight excluding hydrogens is 408 g/mol. The predicted octanol–water partition coefficient (Wildman–Crippen LogP) is 0.513. The van der Waals surface area contributed by atoms with Gasteiger partial charge in [0.25, 0.3) is 5.56 Å². The van der Waals surface area contributed by atoms with Gasteiger partial charge in [-0.2, -0.15) is 5.10 Å². The molecule has 1 amide bonds. The van der Waals surface area contributed by atoms with Crippen LogP contribution in [0.5, 0.6) is 23.1 Å². The van der Waals surface area contributed by atoms with Gasteiger partial charge < -0.3 is 19.3 Å². The van der Waals surface area contributed by atoms with E-state index in [1.165, 1.54) is 47.4 Å². The first-order chi connectivity index (χ1) is 14.7. The smallest absolute Gasteiger partial charge is 0.333 e. The van der Waals surface area contributed by atoms with Gasteiger partial charge in [-0.3, -0.25) is 18.7 Å². The molecule has 1 aliphatic heterocycles. The van der Waals surface area contributed by atoms with E-state index < -0.39 is 23.2 Å². The van der Waals surface area contributed by atoms with Gasteiger partial charge in [-0.15, -0.1) is 0 Å². The number of aromatic hydroxyl groups is 1. The minimum absolute atomic E-state index is 0.124. The first-order valence-electron chi connectivity index (χ1n) is 9.32. The lowest BCUT2D eigenvalue weighted by atomic mass is 9.98. The Morgan fingerprint density at radius 1 is 1.06 bits per heavy atom. The van der Waals surface area contributed by atoms with Crippen molar-refractivity contribution in [1.29, 1.82) is 0 Å². The average Bonchev–Trinajstić information content (AvgIpc) is 3.20. The van der Waals surface area contributed by atoms with Crippen molar-refractivity contribution >= 4 is 11.6 Å². The number of methoxy groups -OCH3 is 3. The Morgan fingerprint density at radius 3 is 2.13 bits per heavy atom. The summed E-state index contributed by atoms with van der Waals surface area (Å²) < 4.78 is 18.0. The number of amides is 1. The minimum atomic E-state index is -0.701. The highest BCUT2D eigenvalue weighted by Crippen LogP contribution is 2.43. The van der Waals surface area contributed by atoms with Crippen molar-refractivity contribution in [3.8, 4) is 23.1 Å². The van der Waals surface area contributed by atoms with Gasteiger partial charge in [-0.1, -0.05) is 0 Å². The largest absolute Gasteiger partial charge is 0.494 e. The summed E-state index contributed by atoms with van der Waals surface area (Å²) in [6.07, 6.45) is 0.124. The topological polar surface area (TPSA) is 125 Å². The van der Waals surface area contributed by atoms with Crippen LogP contribution >= 0.6 is 0 Å². The molecular formula is C20H24N4O7. The number of hydrazone groups is 1. The van der Waals surface area contributed by atoms with Crippen LogP contribution < -0.4 is 25.5 Å². The molecule has 1 atom stereocenters. The third kappa shape index (κ3) is 3.51. The molecule has 0 radical (unpaired) electrons. The van der Waals surface area contributed by atoms with E-state index >= 15 is 0 Å². The normalized spacial score (nSPS) is 15.6. The number of hydrogen-bond donors (Lipinski definition) is 1. The van der Waals surface area contributed by atoms with Crippen LogP contribution in [0, 0.1) is 0 Å². The molecule has 166 valence electrons. The van der Waals surface area contributed by atoms with Crippen LogP contribution in [0.15, 0.2) is 26.8 Å². The molecule has 2 aromatic rings. The minimum Gasteiger partial charge on any atom is -0.494 e. The Bertz CT molecular complexity index is 1170. The highest BCUT2D eigenvalue weighted by molar-refractivity contribution is 6.04. The monoisotopic (exact) mass is 432 g/mol. The highest BCUT2D eigenvalue weighted by Gasteiger charge is 2.35. The van der Waals surface area contributed by atoms with Gasteiger partial charge in [0.1, 0.15) is 5.56 Å². The lowest BCUT2D eigenvalue weighted by molar-refractivity contribution is -0.130. The molecule has 0 saturated carbocycles. The summed E-state index contributed by atoms with van der Waals surface area (Å²) in [7, 11) is 7.09. The van der Waals surface area contributed by atoms with E-state index in [0.717, 1.165) is 9.13 Å². The van der Waals surface area contributed by atoms with Crippen molar-refractivity contribution in [3.05, 3.63) is 44.1 Å². The van der Waals surface area contributed by atoms with Crippen LogP contribution in [0.2, 0.25) is 0 Å². The zero-order valence-electron chi connectivity index (χ0n) is 18.1. The molecule has 0 saturated heterocycles. The maximum Gasteiger partial charge on any atom is 0.333 e. The van der Waals surface area contributed by atoms with Gasteiger partial charge in [0.05, 0.1) is 33.1 Å². The van der Waals surface area contributed by atoms with Crippen LogP contribution in [0.4, 0.5) is 0 Å². The van der Waals surface area contributed by atoms with Crippen molar-refractivity contribution in [2.24, 2.45) is 19.2 Å². The number of benzene rings is 1. The molecule has 1 aliphatic rings. The first kappa shape index (κ1) is 21.9. The average molecular weight is 432 g/mol. The fraction of sp³-hybridized carbons (Fsp3) is 0.400. The van der Waals surface area contributed by atoms with E-state index in [-0.39, 0.29) is 23.6 Å². The Labute approximate surface area is 177 Å². The standard InChI is InChI=1S/C20H24N4O7/c1-10(25)24-13(11-7-14(29-4)17(31-6)15(8-11)30-5)9-12(21-24)16-18(26)22(2)20(28)23(3)19(16)27/h7-8,13,26H,9H2,1-6H3. The number of rotatable bonds is 5. The van der Waals surface area contributed by atoms with Crippen LogP contribution in [-0.2, 0) is 18.9 Å². The third-order valence-corrected chi connectivity index (χ3v) is 5.23. The van der Waals surface area contributed by atoms with Crippen molar-refractivity contribution in [3.63, 3.8) is 0 Å². The molecule has 0 aliphatic carbocycles. The van der Waals surface area contributed by atoms with Gasteiger partial charge in [0.15, 0.2) is 11.5 Å². The van der Waals surface area contributed by atoms with Crippen LogP contribution in [0.1, 0.15) is 30.5 Å². The maximum absolute atomic E-state index is 12.7. The molecule has 0 bridgehead atoms. The van der Waals surface area contributed by atoms with E-state index in [4.69, 9.17) is 14.2 Å². The Hall–Kier alpha value is -3.76. The van der Waals surface area contributed by atoms with Gasteiger partial charge >= 0.3 is 5.69 Å². The van der Waals surface area contributed by atoms with Gasteiger partial charge in [0.2, 0.25) is 17.5 Å². The van der Waals surface area contributed by atoms with Crippen molar-refractivity contribution in [2.75, 3.05) is 21.3 Å². The molecule has 0 spiro atoms. The summed E-state index contributed by atoms with van der Waals surface area (Å²) in [6, 6.07) is 2.79. The molecule has 2 heterocycles. The van der Waals surface area contributed by atoms with Crippen molar-refractivity contribution in [1.82, 2.24) is 14.1 Å². The lowest BCUT2D eigenvalue weighted by Gasteiger charge is -2.22. The summed E-state index contributed by atoms with van der Waals surface area (Å²) in [5.74, 6) is 0.312. The van der Waals surface area contributed by atoms with E-state index in [1.54, 1.807) is 12.1 Å². The van der Waals surface area contributed by atoms with Crippen molar-refractivity contribution < 1.29 is 24.1 Å². The Morgan fingerprint density at radius 2 is 1.65 bits per heavy atom. The molecule has 3 rings (SSSR count). The first-order valence-corrected chi connectivity index (χ1v) is 9.32. The van der Waals surface area contributed by atoms with Gasteiger partial charge in [-0.05, 0) is 17.7 Å². The Kier molecular flexibility index (Phi) is 5.78. The van der Waals surface area contributed by atoms with Crippen LogP contribution in [-0.4, -0.2) is 52.2 Å². The van der Waals surface area contributed by atoms with E-state index in [0.29, 0.717) is 22.8 Å². The molecule has 1 unspecified atom stereocenters. The number of aromatic nitrogens is 2. The molecule has 1 N–H and O–H groups in total. The summed E-state index contributed by atoms with van der Waals surface area (Å²) in [5.41, 5.74) is -0.694. The van der Waals surface area contributed by atoms with Crippen molar-refractivity contribution in [2.45, 2.75) is 19.4 Å². The SMILES string of the molecule is COc1cc(C2CC(c3c(O)n(C)c(=O)n(C)c3=O)=NN2C(C)=O)cc(OC)c1OC. The van der Waals surface area contributed by atoms with Crippen LogP contribution in [0.3, 0.4) is 0 Å². The number of hydrogen-bond acceptors (Lipinski definition) is 8. The van der Waals surface area contributed by atoms with E-state index in [2.05, 4.69) is 5.10 Å². The number of nitrogens with zero attached hydrogens (tertiary/aromatic N) is 4. The second-order valence-corrected chi connectivity index (χ2v) is 6.99. The lowest BCUT2D eigenvalue weighted by Crippen LogP contribution is -2.39. The predicted molar refractivity (Wildman–Crippen MR) is 111 cm³/mol. The van der Waals surface area contributed by atoms with E-state index in [9.17, 15) is 19.5 Å². The molecule has 11 nitrogen and oxygen atoms in total. The number of carbonyl (C=O) groups is 1. The maximum atomic E-state index is 12.7. The molecule has 31 heavy (non-hydrogen) atoms. The second kappa shape index (κ2) is 8.17. The van der Waals surface area contributed by atoms with E-state index in [1.807, 2.05) is 0 Å². The van der Waals surface area contributed by atoms with Crippen LogP contribution in [0.25, 0.3) is 0 Å². The summed E-state index contributed by atoms with van der Waals surface area (Å²) in [5, 5.41) is 16.0. The zero-order chi connectivity index (χ0) is 23.0. The molecule has 1 aromatic heterocycles. The fourth-order valence-electron chi connectivity index (χ4n) is 3.59. The summed E-state index contributed by atoms with van der Waals surface area (Å²) in [4.78, 5) is 37.1. The summed E-state index contributed by atoms with van der Waals surface area (Å²) >= 11 is 0. The van der Waals surface area contributed by atoms with Gasteiger partial charge in [0, 0.05) is 27.4 Å². The molecule has 1 aromatic carbocycles. The second-order valence-electron chi connectivity index (χ2n) is 6.99. The molecule has 0 fully saturated rings. The number of ether oxygens (including phenoxy) is 3. The number of carbonyl (C=O) groups excluding carboxylic acids is 1. The zero-order valence-corrected chi connectivity index (χ0v) is 18.1. The Balaban J connectivity index is 2.16. The quantitative estimate of drug-likeness (QED) is 0.730. The summed E-state index contributed by atoms with van der Waals surface area (Å²) in [6.45, 7) is 1.34. The molecule has 11 heteroatoms. The third-order valence-electron chi connectivity index (χ3n) is 5.23. The fourth-order valence-corrected chi connectivity index (χ4v) is 3.59. The highest BCUT2D eigenvalue weighted by atomic mass is 16.5. The van der Waals surface area contributed by atoms with Gasteiger partial charge in [-0.25, -0.2) is 9.80 Å².